The van der Waals surface area contributed by atoms with Gasteiger partial charge in [-0.25, -0.2) is 4.98 Å². The molecule has 5 nitrogen and oxygen atoms in total. The van der Waals surface area contributed by atoms with Crippen molar-refractivity contribution in [2.24, 2.45) is 0 Å². The Balaban J connectivity index is 1.31. The van der Waals surface area contributed by atoms with Crippen LogP contribution in [0.5, 0.6) is 0 Å². The third-order valence-electron chi connectivity index (χ3n) is 4.88. The van der Waals surface area contributed by atoms with Crippen molar-refractivity contribution in [2.45, 2.75) is 0 Å². The average molecular weight is 362 g/mol. The van der Waals surface area contributed by atoms with Crippen LogP contribution in [-0.2, 0) is 0 Å². The summed E-state index contributed by atoms with van der Waals surface area (Å²) in [6, 6.07) is 18.1. The number of aromatic nitrogens is 2. The molecular formula is C20H18N4OS. The summed E-state index contributed by atoms with van der Waals surface area (Å²) in [4.78, 5) is 25.0. The second-order valence-corrected chi connectivity index (χ2v) is 7.52. The number of H-pyrrole nitrogens is 1. The Kier molecular flexibility index (Phi) is 3.64. The molecule has 0 radical (unpaired) electrons. The number of nitrogens with zero attached hydrogens (tertiary/aromatic N) is 3. The first-order valence-electron chi connectivity index (χ1n) is 8.75. The fourth-order valence-corrected chi connectivity index (χ4v) is 4.47. The molecule has 130 valence electrons. The van der Waals surface area contributed by atoms with Gasteiger partial charge >= 0.3 is 0 Å². The molecule has 2 aromatic carbocycles. The molecule has 1 fully saturated rings. The first-order chi connectivity index (χ1) is 12.8. The predicted molar refractivity (Wildman–Crippen MR) is 106 cm³/mol. The number of thiazole rings is 1. The highest BCUT2D eigenvalue weighted by Crippen LogP contribution is 2.29. The van der Waals surface area contributed by atoms with Gasteiger partial charge in [-0.05, 0) is 24.3 Å². The second kappa shape index (κ2) is 6.14. The first-order valence-corrected chi connectivity index (χ1v) is 9.57. The number of aromatic amines is 1. The van der Waals surface area contributed by atoms with Crippen LogP contribution in [0.1, 0.15) is 10.5 Å². The highest BCUT2D eigenvalue weighted by atomic mass is 32.1. The van der Waals surface area contributed by atoms with Crippen molar-refractivity contribution in [1.29, 1.82) is 0 Å². The second-order valence-electron chi connectivity index (χ2n) is 6.51. The molecule has 1 aliphatic rings. The molecule has 4 aromatic rings. The number of carbonyl (C=O) groups is 1. The van der Waals surface area contributed by atoms with Crippen molar-refractivity contribution < 1.29 is 4.79 Å². The SMILES string of the molecule is O=C(c1cc2ccccc2[nH]1)N1CCN(c2nc3ccccc3s2)CC1. The van der Waals surface area contributed by atoms with Crippen molar-refractivity contribution in [3.8, 4) is 0 Å². The summed E-state index contributed by atoms with van der Waals surface area (Å²) in [7, 11) is 0. The van der Waals surface area contributed by atoms with Gasteiger partial charge in [0.05, 0.1) is 10.2 Å². The number of para-hydroxylation sites is 2. The van der Waals surface area contributed by atoms with Gasteiger partial charge in [-0.15, -0.1) is 0 Å². The standard InChI is InChI=1S/C20H18N4OS/c25-19(17-13-14-5-1-2-6-15(14)21-17)23-9-11-24(12-10-23)20-22-16-7-3-4-8-18(16)26-20/h1-8,13,21H,9-12H2. The summed E-state index contributed by atoms with van der Waals surface area (Å²) >= 11 is 1.72. The van der Waals surface area contributed by atoms with Gasteiger partial charge in [0, 0.05) is 37.1 Å². The maximum atomic E-state index is 12.8. The number of amides is 1. The number of benzene rings is 2. The molecule has 5 rings (SSSR count). The van der Waals surface area contributed by atoms with Crippen LogP contribution in [0, 0.1) is 0 Å². The summed E-state index contributed by atoms with van der Waals surface area (Å²) in [6.07, 6.45) is 0. The van der Waals surface area contributed by atoms with Gasteiger partial charge < -0.3 is 14.8 Å². The minimum atomic E-state index is 0.0742. The molecule has 1 saturated heterocycles. The maximum absolute atomic E-state index is 12.8. The molecule has 0 spiro atoms. The number of fused-ring (bicyclic) bond motifs is 2. The van der Waals surface area contributed by atoms with Crippen LogP contribution in [0.3, 0.4) is 0 Å². The normalized spacial score (nSPS) is 15.1. The molecule has 26 heavy (non-hydrogen) atoms. The number of nitrogens with one attached hydrogen (secondary N) is 1. The average Bonchev–Trinajstić information content (AvgIpc) is 3.31. The molecule has 0 bridgehead atoms. The molecule has 3 heterocycles. The van der Waals surface area contributed by atoms with E-state index in [1.165, 1.54) is 4.70 Å². The topological polar surface area (TPSA) is 52.2 Å². The Morgan fingerprint density at radius 2 is 1.77 bits per heavy atom. The highest BCUT2D eigenvalue weighted by molar-refractivity contribution is 7.22. The zero-order chi connectivity index (χ0) is 17.5. The molecule has 2 aromatic heterocycles. The van der Waals surface area contributed by atoms with Crippen LogP contribution in [0.2, 0.25) is 0 Å². The minimum Gasteiger partial charge on any atom is -0.351 e. The summed E-state index contributed by atoms with van der Waals surface area (Å²) in [5.74, 6) is 0.0742. The Hall–Kier alpha value is -2.86. The number of hydrogen-bond acceptors (Lipinski definition) is 4. The van der Waals surface area contributed by atoms with Gasteiger partial charge in [-0.3, -0.25) is 4.79 Å². The van der Waals surface area contributed by atoms with Gasteiger partial charge in [-0.1, -0.05) is 41.7 Å². The van der Waals surface area contributed by atoms with Gasteiger partial charge in [-0.2, -0.15) is 0 Å². The van der Waals surface area contributed by atoms with E-state index in [1.807, 2.05) is 53.4 Å². The summed E-state index contributed by atoms with van der Waals surface area (Å²) in [5, 5.41) is 2.12. The van der Waals surface area contributed by atoms with E-state index < -0.39 is 0 Å². The number of anilines is 1. The summed E-state index contributed by atoms with van der Waals surface area (Å²) in [5.41, 5.74) is 2.72. The molecule has 1 aliphatic heterocycles. The number of carbonyl (C=O) groups excluding carboxylic acids is 1. The van der Waals surface area contributed by atoms with E-state index in [2.05, 4.69) is 16.0 Å². The highest BCUT2D eigenvalue weighted by Gasteiger charge is 2.24. The van der Waals surface area contributed by atoms with Gasteiger partial charge in [0.15, 0.2) is 5.13 Å². The lowest BCUT2D eigenvalue weighted by Crippen LogP contribution is -2.48. The van der Waals surface area contributed by atoms with Crippen LogP contribution >= 0.6 is 11.3 Å². The third kappa shape index (κ3) is 2.63. The van der Waals surface area contributed by atoms with Crippen LogP contribution in [0.25, 0.3) is 21.1 Å². The fraction of sp³-hybridized carbons (Fsp3) is 0.200. The fourth-order valence-electron chi connectivity index (χ4n) is 3.46. The van der Waals surface area contributed by atoms with Crippen molar-refractivity contribution in [3.05, 3.63) is 60.3 Å². The van der Waals surface area contributed by atoms with Crippen LogP contribution in [-0.4, -0.2) is 47.0 Å². The lowest BCUT2D eigenvalue weighted by Gasteiger charge is -2.34. The Bertz CT molecular complexity index is 1030. The monoisotopic (exact) mass is 362 g/mol. The van der Waals surface area contributed by atoms with E-state index >= 15 is 0 Å². The van der Waals surface area contributed by atoms with Crippen molar-refractivity contribution in [2.75, 3.05) is 31.1 Å². The van der Waals surface area contributed by atoms with E-state index in [4.69, 9.17) is 4.98 Å². The van der Waals surface area contributed by atoms with E-state index in [-0.39, 0.29) is 5.91 Å². The largest absolute Gasteiger partial charge is 0.351 e. The zero-order valence-electron chi connectivity index (χ0n) is 14.2. The van der Waals surface area contributed by atoms with Crippen LogP contribution in [0.15, 0.2) is 54.6 Å². The smallest absolute Gasteiger partial charge is 0.270 e. The van der Waals surface area contributed by atoms with Crippen LogP contribution < -0.4 is 4.90 Å². The Labute approximate surface area is 154 Å². The van der Waals surface area contributed by atoms with Gasteiger partial charge in [0.2, 0.25) is 0 Å². The number of piperazine rings is 1. The first kappa shape index (κ1) is 15.4. The Morgan fingerprint density at radius 1 is 1.00 bits per heavy atom. The van der Waals surface area contributed by atoms with E-state index in [1.54, 1.807) is 11.3 Å². The zero-order valence-corrected chi connectivity index (χ0v) is 15.0. The van der Waals surface area contributed by atoms with Crippen molar-refractivity contribution in [3.63, 3.8) is 0 Å². The van der Waals surface area contributed by atoms with Gasteiger partial charge in [0.25, 0.3) is 5.91 Å². The van der Waals surface area contributed by atoms with E-state index in [9.17, 15) is 4.79 Å². The van der Waals surface area contributed by atoms with E-state index in [0.717, 1.165) is 34.6 Å². The Morgan fingerprint density at radius 3 is 2.58 bits per heavy atom. The molecule has 1 amide bonds. The molecule has 1 N–H and O–H groups in total. The number of rotatable bonds is 2. The molecule has 0 saturated carbocycles. The molecule has 0 aliphatic carbocycles. The van der Waals surface area contributed by atoms with Gasteiger partial charge in [0.1, 0.15) is 5.69 Å². The maximum Gasteiger partial charge on any atom is 0.270 e. The lowest BCUT2D eigenvalue weighted by molar-refractivity contribution is 0.0742. The quantitative estimate of drug-likeness (QED) is 0.591. The van der Waals surface area contributed by atoms with Crippen LogP contribution in [0.4, 0.5) is 5.13 Å². The molecular weight excluding hydrogens is 344 g/mol. The summed E-state index contributed by atoms with van der Waals surface area (Å²) in [6.45, 7) is 3.05. The van der Waals surface area contributed by atoms with Crippen molar-refractivity contribution >= 4 is 43.5 Å². The minimum absolute atomic E-state index is 0.0742. The molecule has 0 unspecified atom stereocenters. The van der Waals surface area contributed by atoms with Crippen molar-refractivity contribution in [1.82, 2.24) is 14.9 Å². The lowest BCUT2D eigenvalue weighted by atomic mass is 10.2. The third-order valence-corrected chi connectivity index (χ3v) is 5.98. The van der Waals surface area contributed by atoms with E-state index in [0.29, 0.717) is 18.8 Å². The molecule has 6 heteroatoms. The predicted octanol–water partition coefficient (Wildman–Crippen LogP) is 3.74. The molecule has 0 atom stereocenters. The number of hydrogen-bond donors (Lipinski definition) is 1. The summed E-state index contributed by atoms with van der Waals surface area (Å²) < 4.78 is 1.21.